The molecule has 172 valence electrons. The minimum atomic E-state index is -4.57. The van der Waals surface area contributed by atoms with Crippen molar-refractivity contribution in [3.05, 3.63) is 35.5 Å². The van der Waals surface area contributed by atoms with Gasteiger partial charge in [-0.2, -0.15) is 13.2 Å². The maximum atomic E-state index is 13.4. The normalized spacial score (nSPS) is 16.4. The number of benzene rings is 1. The number of hydrogen-bond donors (Lipinski definition) is 3. The molecule has 0 radical (unpaired) electrons. The molecule has 0 spiro atoms. The number of hydrogen-bond acceptors (Lipinski definition) is 6. The van der Waals surface area contributed by atoms with Crippen LogP contribution in [0.5, 0.6) is 0 Å². The minimum absolute atomic E-state index is 0.00275. The number of aromatic nitrogens is 1. The van der Waals surface area contributed by atoms with Crippen molar-refractivity contribution in [1.82, 2.24) is 15.2 Å². The second-order valence-corrected chi connectivity index (χ2v) is 8.41. The Morgan fingerprint density at radius 2 is 1.94 bits per heavy atom. The third-order valence-corrected chi connectivity index (χ3v) is 6.14. The van der Waals surface area contributed by atoms with Crippen LogP contribution in [-0.4, -0.2) is 54.0 Å². The number of thiazole rings is 1. The number of nitrogens with zero attached hydrogens (tertiary/aromatic N) is 3. The van der Waals surface area contributed by atoms with Gasteiger partial charge in [-0.15, -0.1) is 0 Å². The molecule has 0 aliphatic carbocycles. The van der Waals surface area contributed by atoms with Crippen LogP contribution < -0.4 is 11.1 Å². The quantitative estimate of drug-likeness (QED) is 0.456. The van der Waals surface area contributed by atoms with E-state index in [1.54, 1.807) is 7.05 Å². The standard InChI is InChI=1S/C21H25F3N6OS/c1-27-18(30-10-6-2-3-7-11-30)15(12-25)28-19(31)16-17(26)32-20(29-16)13-8-4-5-9-14(13)21(22,23)24/h4-5,8-9,12,15,25H,2-3,6-7,10-11,26H2,1H3,(H,28,31). The van der Waals surface area contributed by atoms with Gasteiger partial charge in [0.2, 0.25) is 0 Å². The van der Waals surface area contributed by atoms with Crippen molar-refractivity contribution in [2.24, 2.45) is 4.99 Å². The van der Waals surface area contributed by atoms with Crippen molar-refractivity contribution < 1.29 is 18.0 Å². The maximum absolute atomic E-state index is 13.4. The van der Waals surface area contributed by atoms with E-state index in [1.807, 2.05) is 0 Å². The molecule has 32 heavy (non-hydrogen) atoms. The van der Waals surface area contributed by atoms with E-state index in [0.29, 0.717) is 5.84 Å². The molecule has 1 aliphatic heterocycles. The summed E-state index contributed by atoms with van der Waals surface area (Å²) in [6, 6.07) is 4.23. The highest BCUT2D eigenvalue weighted by Gasteiger charge is 2.34. The molecule has 1 fully saturated rings. The molecule has 7 nitrogen and oxygen atoms in total. The SMILES string of the molecule is CN=C(C(C=N)NC(=O)c1nc(-c2ccccc2C(F)(F)F)sc1N)N1CCCCCC1. The number of amides is 1. The highest BCUT2D eigenvalue weighted by molar-refractivity contribution is 7.19. The molecule has 1 unspecified atom stereocenters. The molecule has 4 N–H and O–H groups in total. The van der Waals surface area contributed by atoms with Crippen LogP contribution in [0.4, 0.5) is 18.2 Å². The zero-order chi connectivity index (χ0) is 23.3. The van der Waals surface area contributed by atoms with Gasteiger partial charge in [-0.3, -0.25) is 9.79 Å². The van der Waals surface area contributed by atoms with Gasteiger partial charge in [-0.1, -0.05) is 42.4 Å². The van der Waals surface area contributed by atoms with Crippen LogP contribution in [0.15, 0.2) is 29.3 Å². The molecule has 1 aromatic carbocycles. The first-order chi connectivity index (χ1) is 15.3. The number of alkyl halides is 3. The predicted molar refractivity (Wildman–Crippen MR) is 120 cm³/mol. The van der Waals surface area contributed by atoms with E-state index in [9.17, 15) is 18.0 Å². The summed E-state index contributed by atoms with van der Waals surface area (Å²) >= 11 is 0.814. The predicted octanol–water partition coefficient (Wildman–Crippen LogP) is 4.06. The molecular formula is C21H25F3N6OS. The Hall–Kier alpha value is -2.95. The summed E-state index contributed by atoms with van der Waals surface area (Å²) in [5, 5.41) is 10.5. The molecule has 11 heteroatoms. The van der Waals surface area contributed by atoms with E-state index in [4.69, 9.17) is 11.1 Å². The van der Waals surface area contributed by atoms with E-state index in [-0.39, 0.29) is 21.3 Å². The highest BCUT2D eigenvalue weighted by Crippen LogP contribution is 2.39. The molecule has 0 bridgehead atoms. The maximum Gasteiger partial charge on any atom is 0.417 e. The van der Waals surface area contributed by atoms with Crippen LogP contribution in [0.2, 0.25) is 0 Å². The smallest absolute Gasteiger partial charge is 0.389 e. The average molecular weight is 467 g/mol. The molecule has 1 aromatic heterocycles. The lowest BCUT2D eigenvalue weighted by Gasteiger charge is -2.28. The van der Waals surface area contributed by atoms with Gasteiger partial charge in [0.15, 0.2) is 5.69 Å². The van der Waals surface area contributed by atoms with Gasteiger partial charge >= 0.3 is 6.18 Å². The number of halogens is 3. The largest absolute Gasteiger partial charge is 0.417 e. The van der Waals surface area contributed by atoms with Gasteiger partial charge in [0.1, 0.15) is 21.9 Å². The fourth-order valence-corrected chi connectivity index (χ4v) is 4.56. The van der Waals surface area contributed by atoms with E-state index >= 15 is 0 Å². The summed E-state index contributed by atoms with van der Waals surface area (Å²) in [4.78, 5) is 23.3. The Kier molecular flexibility index (Phi) is 7.49. The molecule has 1 atom stereocenters. The number of aliphatic imine (C=N–C) groups is 1. The van der Waals surface area contributed by atoms with Crippen molar-refractivity contribution in [3.63, 3.8) is 0 Å². The number of nitrogens with one attached hydrogen (secondary N) is 2. The monoisotopic (exact) mass is 466 g/mol. The number of amidine groups is 1. The number of nitrogen functional groups attached to an aromatic ring is 1. The molecular weight excluding hydrogens is 441 g/mol. The summed E-state index contributed by atoms with van der Waals surface area (Å²) in [5.74, 6) is -0.106. The van der Waals surface area contributed by atoms with Gasteiger partial charge in [0, 0.05) is 31.9 Å². The number of anilines is 1. The zero-order valence-electron chi connectivity index (χ0n) is 17.6. The van der Waals surface area contributed by atoms with Crippen LogP contribution in [0.3, 0.4) is 0 Å². The van der Waals surface area contributed by atoms with Crippen LogP contribution in [0, 0.1) is 5.41 Å². The third kappa shape index (κ3) is 5.26. The topological polar surface area (TPSA) is 107 Å². The van der Waals surface area contributed by atoms with Crippen molar-refractivity contribution in [2.45, 2.75) is 37.9 Å². The van der Waals surface area contributed by atoms with Crippen LogP contribution in [0.25, 0.3) is 10.6 Å². The van der Waals surface area contributed by atoms with Gasteiger partial charge < -0.3 is 21.4 Å². The summed E-state index contributed by atoms with van der Waals surface area (Å²) in [6.45, 7) is 1.56. The van der Waals surface area contributed by atoms with E-state index in [0.717, 1.165) is 62.4 Å². The Bertz CT molecular complexity index is 996. The lowest BCUT2D eigenvalue weighted by Crippen LogP contribution is -2.50. The summed E-state index contributed by atoms with van der Waals surface area (Å²) < 4.78 is 40.1. The van der Waals surface area contributed by atoms with Crippen molar-refractivity contribution in [2.75, 3.05) is 25.9 Å². The molecule has 1 aliphatic rings. The number of rotatable bonds is 5. The van der Waals surface area contributed by atoms with Crippen molar-refractivity contribution >= 4 is 34.3 Å². The summed E-state index contributed by atoms with van der Waals surface area (Å²) in [7, 11) is 1.60. The molecule has 3 rings (SSSR count). The van der Waals surface area contributed by atoms with E-state index < -0.39 is 23.7 Å². The fourth-order valence-electron chi connectivity index (χ4n) is 3.69. The zero-order valence-corrected chi connectivity index (χ0v) is 18.4. The summed E-state index contributed by atoms with van der Waals surface area (Å²) in [6.07, 6.45) is 0.745. The minimum Gasteiger partial charge on any atom is -0.389 e. The number of nitrogens with two attached hydrogens (primary N) is 1. The first-order valence-electron chi connectivity index (χ1n) is 10.2. The van der Waals surface area contributed by atoms with Gasteiger partial charge in [0.05, 0.1) is 5.56 Å². The molecule has 0 saturated carbocycles. The van der Waals surface area contributed by atoms with Gasteiger partial charge in [-0.25, -0.2) is 4.98 Å². The molecule has 2 aromatic rings. The molecule has 1 amide bonds. The Morgan fingerprint density at radius 1 is 1.28 bits per heavy atom. The van der Waals surface area contributed by atoms with Crippen LogP contribution in [0.1, 0.15) is 41.7 Å². The molecule has 1 saturated heterocycles. The van der Waals surface area contributed by atoms with Gasteiger partial charge in [-0.05, 0) is 18.9 Å². The Balaban J connectivity index is 1.84. The van der Waals surface area contributed by atoms with Crippen molar-refractivity contribution in [3.8, 4) is 10.6 Å². The molecule has 2 heterocycles. The van der Waals surface area contributed by atoms with Gasteiger partial charge in [0.25, 0.3) is 5.91 Å². The first kappa shape index (κ1) is 23.7. The van der Waals surface area contributed by atoms with E-state index in [2.05, 4.69) is 20.2 Å². The van der Waals surface area contributed by atoms with Crippen molar-refractivity contribution in [1.29, 1.82) is 5.41 Å². The second kappa shape index (κ2) is 10.1. The number of carbonyl (C=O) groups excluding carboxylic acids is 1. The Labute approximate surface area is 188 Å². The number of likely N-dealkylation sites (tertiary alicyclic amines) is 1. The Morgan fingerprint density at radius 3 is 2.53 bits per heavy atom. The summed E-state index contributed by atoms with van der Waals surface area (Å²) in [5.41, 5.74) is 4.79. The average Bonchev–Trinajstić information content (AvgIpc) is 2.96. The second-order valence-electron chi connectivity index (χ2n) is 7.38. The van der Waals surface area contributed by atoms with Crippen LogP contribution in [-0.2, 0) is 6.18 Å². The lowest BCUT2D eigenvalue weighted by atomic mass is 10.1. The third-order valence-electron chi connectivity index (χ3n) is 5.22. The first-order valence-corrected chi connectivity index (χ1v) is 11.0. The van der Waals surface area contributed by atoms with Crippen LogP contribution >= 0.6 is 11.3 Å². The highest BCUT2D eigenvalue weighted by atomic mass is 32.1. The number of carbonyl (C=O) groups is 1. The lowest BCUT2D eigenvalue weighted by molar-refractivity contribution is -0.137. The van der Waals surface area contributed by atoms with E-state index in [1.165, 1.54) is 18.2 Å². The fraction of sp³-hybridized carbons (Fsp3) is 0.429.